The molecule has 0 atom stereocenters. The summed E-state index contributed by atoms with van der Waals surface area (Å²) in [5, 5.41) is 4.07. The van der Waals surface area contributed by atoms with Crippen LogP contribution in [0.15, 0.2) is 52.5 Å². The normalized spacial score (nSPS) is 14.9. The molecule has 0 unspecified atom stereocenters. The summed E-state index contributed by atoms with van der Waals surface area (Å²) >= 11 is 1.65. The Morgan fingerprint density at radius 1 is 1.23 bits per heavy atom. The van der Waals surface area contributed by atoms with Crippen molar-refractivity contribution in [2.75, 3.05) is 6.54 Å². The van der Waals surface area contributed by atoms with Crippen molar-refractivity contribution in [3.63, 3.8) is 0 Å². The Hall–Kier alpha value is -1.22. The summed E-state index contributed by atoms with van der Waals surface area (Å²) in [6.45, 7) is 0.780. The van der Waals surface area contributed by atoms with Gasteiger partial charge in [0.2, 0.25) is 0 Å². The number of amidine groups is 1. The van der Waals surface area contributed by atoms with Crippen molar-refractivity contribution in [3.8, 4) is 0 Å². The summed E-state index contributed by atoms with van der Waals surface area (Å²) in [4.78, 5) is 5.52. The monoisotopic (exact) mass is 190 g/mol. The van der Waals surface area contributed by atoms with Gasteiger partial charge in [-0.15, -0.1) is 0 Å². The van der Waals surface area contributed by atoms with Gasteiger partial charge in [-0.3, -0.25) is 4.99 Å². The minimum Gasteiger partial charge on any atom is -0.341 e. The largest absolute Gasteiger partial charge is 0.341 e. The molecule has 0 saturated heterocycles. The van der Waals surface area contributed by atoms with Crippen molar-refractivity contribution in [2.24, 2.45) is 4.99 Å². The van der Waals surface area contributed by atoms with Crippen LogP contribution >= 0.6 is 11.8 Å². The van der Waals surface area contributed by atoms with Crippen LogP contribution in [0.4, 0.5) is 0 Å². The minimum atomic E-state index is 0.780. The van der Waals surface area contributed by atoms with Gasteiger partial charge in [-0.05, 0) is 18.2 Å². The molecule has 1 aromatic carbocycles. The molecular formula is C10H10N2S. The van der Waals surface area contributed by atoms with Crippen LogP contribution in [-0.4, -0.2) is 11.7 Å². The number of hydrogen-bond donors (Lipinski definition) is 1. The molecule has 13 heavy (non-hydrogen) atoms. The third kappa shape index (κ3) is 2.36. The molecule has 0 aliphatic carbocycles. The van der Waals surface area contributed by atoms with Gasteiger partial charge in [-0.1, -0.05) is 30.0 Å². The molecule has 2 nitrogen and oxygen atoms in total. The average Bonchev–Trinajstić information content (AvgIpc) is 2.21. The number of nitrogens with zero attached hydrogens (tertiary/aromatic N) is 1. The van der Waals surface area contributed by atoms with Crippen LogP contribution in [0.3, 0.4) is 0 Å². The van der Waals surface area contributed by atoms with E-state index in [2.05, 4.69) is 22.4 Å². The first kappa shape index (κ1) is 8.38. The maximum Gasteiger partial charge on any atom is 0.165 e. The molecule has 3 heteroatoms. The Morgan fingerprint density at radius 3 is 2.77 bits per heavy atom. The van der Waals surface area contributed by atoms with E-state index >= 15 is 0 Å². The third-order valence-electron chi connectivity index (χ3n) is 1.62. The first-order valence-corrected chi connectivity index (χ1v) is 4.96. The molecule has 0 radical (unpaired) electrons. The van der Waals surface area contributed by atoms with Crippen molar-refractivity contribution >= 4 is 16.9 Å². The number of thioether (sulfide) groups is 1. The molecule has 1 aromatic rings. The van der Waals surface area contributed by atoms with E-state index in [1.54, 1.807) is 11.8 Å². The zero-order valence-corrected chi connectivity index (χ0v) is 7.92. The number of nitrogens with one attached hydrogen (secondary N) is 1. The third-order valence-corrected chi connectivity index (χ3v) is 2.57. The molecule has 1 aliphatic rings. The second-order valence-corrected chi connectivity index (χ2v) is 3.67. The summed E-state index contributed by atoms with van der Waals surface area (Å²) in [5.41, 5.74) is 0. The fraction of sp³-hybridized carbons (Fsp3) is 0.100. The molecule has 66 valence electrons. The molecule has 2 rings (SSSR count). The zero-order valence-electron chi connectivity index (χ0n) is 7.10. The Bertz CT molecular complexity index is 330. The highest BCUT2D eigenvalue weighted by molar-refractivity contribution is 8.13. The quantitative estimate of drug-likeness (QED) is 0.734. The standard InChI is InChI=1S/C10H10N2S/c1-2-5-9(6-3-1)13-10-11-7-4-8-12-10/h1-7H,8H2,(H,11,12). The Labute approximate surface area is 81.8 Å². The predicted octanol–water partition coefficient (Wildman–Crippen LogP) is 2.25. The van der Waals surface area contributed by atoms with E-state index in [0.29, 0.717) is 0 Å². The minimum absolute atomic E-state index is 0.780. The van der Waals surface area contributed by atoms with E-state index in [1.165, 1.54) is 4.90 Å². The molecule has 0 amide bonds. The predicted molar refractivity (Wildman–Crippen MR) is 56.9 cm³/mol. The number of rotatable bonds is 1. The molecule has 0 spiro atoms. The van der Waals surface area contributed by atoms with E-state index in [-0.39, 0.29) is 0 Å². The summed E-state index contributed by atoms with van der Waals surface area (Å²) < 4.78 is 0. The topological polar surface area (TPSA) is 24.4 Å². The second-order valence-electron chi connectivity index (χ2n) is 2.61. The van der Waals surface area contributed by atoms with Crippen LogP contribution in [0, 0.1) is 0 Å². The SMILES string of the molecule is C1=CNC(Sc2ccccc2)=NC1. The lowest BCUT2D eigenvalue weighted by Crippen LogP contribution is -2.16. The summed E-state index contributed by atoms with van der Waals surface area (Å²) in [6.07, 6.45) is 3.92. The molecule has 0 fully saturated rings. The van der Waals surface area contributed by atoms with Gasteiger partial charge in [0.1, 0.15) is 0 Å². The first-order chi connectivity index (χ1) is 6.45. The van der Waals surface area contributed by atoms with E-state index in [0.717, 1.165) is 11.7 Å². The molecule has 0 bridgehead atoms. The lowest BCUT2D eigenvalue weighted by atomic mass is 10.4. The molecule has 0 aromatic heterocycles. The second kappa shape index (κ2) is 4.14. The average molecular weight is 190 g/mol. The highest BCUT2D eigenvalue weighted by atomic mass is 32.2. The van der Waals surface area contributed by atoms with Gasteiger partial charge in [0.15, 0.2) is 5.17 Å². The van der Waals surface area contributed by atoms with Crippen LogP contribution < -0.4 is 5.32 Å². The molecule has 0 saturated carbocycles. The molecule has 1 heterocycles. The smallest absolute Gasteiger partial charge is 0.165 e. The van der Waals surface area contributed by atoms with Crippen molar-refractivity contribution in [2.45, 2.75) is 4.90 Å². The van der Waals surface area contributed by atoms with Crippen molar-refractivity contribution < 1.29 is 0 Å². The maximum absolute atomic E-state index is 4.31. The van der Waals surface area contributed by atoms with Gasteiger partial charge < -0.3 is 5.32 Å². The zero-order chi connectivity index (χ0) is 8.93. The summed E-state index contributed by atoms with van der Waals surface area (Å²) in [7, 11) is 0. The van der Waals surface area contributed by atoms with Crippen LogP contribution in [0.2, 0.25) is 0 Å². The van der Waals surface area contributed by atoms with Gasteiger partial charge >= 0.3 is 0 Å². The fourth-order valence-electron chi connectivity index (χ4n) is 1.03. The summed E-state index contributed by atoms with van der Waals surface area (Å²) in [6, 6.07) is 10.2. The van der Waals surface area contributed by atoms with Crippen LogP contribution in [-0.2, 0) is 0 Å². The van der Waals surface area contributed by atoms with Gasteiger partial charge in [0.25, 0.3) is 0 Å². The lowest BCUT2D eigenvalue weighted by molar-refractivity contribution is 1.13. The van der Waals surface area contributed by atoms with Gasteiger partial charge in [0, 0.05) is 11.1 Å². The van der Waals surface area contributed by atoms with Gasteiger partial charge in [-0.25, -0.2) is 0 Å². The van der Waals surface area contributed by atoms with Crippen molar-refractivity contribution in [1.29, 1.82) is 0 Å². The van der Waals surface area contributed by atoms with Gasteiger partial charge in [0.05, 0.1) is 6.54 Å². The van der Waals surface area contributed by atoms with Crippen LogP contribution in [0.5, 0.6) is 0 Å². The molecule has 1 aliphatic heterocycles. The molecular weight excluding hydrogens is 180 g/mol. The van der Waals surface area contributed by atoms with Crippen LogP contribution in [0.25, 0.3) is 0 Å². The first-order valence-electron chi connectivity index (χ1n) is 4.14. The molecule has 1 N–H and O–H groups in total. The number of benzene rings is 1. The number of hydrogen-bond acceptors (Lipinski definition) is 3. The Morgan fingerprint density at radius 2 is 2.08 bits per heavy atom. The highest BCUT2D eigenvalue weighted by Crippen LogP contribution is 2.18. The Balaban J connectivity index is 2.02. The number of aliphatic imine (C=N–C) groups is 1. The van der Waals surface area contributed by atoms with Crippen LogP contribution in [0.1, 0.15) is 0 Å². The maximum atomic E-state index is 4.31. The summed E-state index contributed by atoms with van der Waals surface area (Å²) in [5.74, 6) is 0. The van der Waals surface area contributed by atoms with E-state index < -0.39 is 0 Å². The van der Waals surface area contributed by atoms with Gasteiger partial charge in [-0.2, -0.15) is 0 Å². The Kier molecular flexibility index (Phi) is 2.67. The highest BCUT2D eigenvalue weighted by Gasteiger charge is 2.01. The lowest BCUT2D eigenvalue weighted by Gasteiger charge is -2.08. The van der Waals surface area contributed by atoms with Crippen molar-refractivity contribution in [3.05, 3.63) is 42.6 Å². The van der Waals surface area contributed by atoms with Crippen molar-refractivity contribution in [1.82, 2.24) is 5.32 Å². The van der Waals surface area contributed by atoms with E-state index in [1.807, 2.05) is 30.5 Å². The van der Waals surface area contributed by atoms with E-state index in [4.69, 9.17) is 0 Å². The fourth-order valence-corrected chi connectivity index (χ4v) is 1.81. The van der Waals surface area contributed by atoms with E-state index in [9.17, 15) is 0 Å².